The Labute approximate surface area is 257 Å². The van der Waals surface area contributed by atoms with Gasteiger partial charge >= 0.3 is 65.1 Å². The zero-order valence-electron chi connectivity index (χ0n) is 20.9. The maximum Gasteiger partial charge on any atom is 1.00 e. The summed E-state index contributed by atoms with van der Waals surface area (Å²) in [4.78, 5) is 35.1. The molecule has 10 nitrogen and oxygen atoms in total. The number of carbonyl (C=O) groups is 1. The second kappa shape index (κ2) is 11.6. The first-order chi connectivity index (χ1) is 16.7. The number of esters is 1. The fraction of sp³-hybridized carbons (Fsp3) is 0.208. The number of methoxy groups -OCH3 is 3. The van der Waals surface area contributed by atoms with E-state index in [1.54, 1.807) is 18.2 Å². The average molecular weight is 543 g/mol. The van der Waals surface area contributed by atoms with Gasteiger partial charge in [-0.05, 0) is 40.8 Å². The molecule has 37 heavy (non-hydrogen) atoms. The number of carbonyl (C=O) groups excluding carboxylic acids is 1. The van der Waals surface area contributed by atoms with Gasteiger partial charge in [0.1, 0.15) is 20.2 Å². The molecule has 0 aliphatic carbocycles. The molecule has 1 unspecified atom stereocenters. The monoisotopic (exact) mass is 543 g/mol. The Morgan fingerprint density at radius 2 is 1.62 bits per heavy atom. The SMILES string of the molecule is COc1cc(C2C3=C(COC3=O)Nc3c2ccc2ccc(OP(=O)([O-])[O-])cc32)cc(OC)c1OC.[Na+].[Na+]. The Kier molecular flexibility index (Phi) is 9.33. The van der Waals surface area contributed by atoms with Crippen LogP contribution in [0.5, 0.6) is 23.0 Å². The van der Waals surface area contributed by atoms with Crippen molar-refractivity contribution < 1.29 is 102 Å². The summed E-state index contributed by atoms with van der Waals surface area (Å²) in [7, 11) is -0.725. The Bertz CT molecular complexity index is 1430. The molecule has 182 valence electrons. The third-order valence-corrected chi connectivity index (χ3v) is 6.47. The van der Waals surface area contributed by atoms with E-state index in [1.165, 1.54) is 33.5 Å². The number of cyclic esters (lactones) is 1. The second-order valence-corrected chi connectivity index (χ2v) is 9.01. The Balaban J connectivity index is 0.00000190. The van der Waals surface area contributed by atoms with E-state index in [1.807, 2.05) is 12.1 Å². The van der Waals surface area contributed by atoms with Crippen molar-refractivity contribution in [2.24, 2.45) is 0 Å². The molecule has 3 aromatic rings. The largest absolute Gasteiger partial charge is 1.00 e. The van der Waals surface area contributed by atoms with Gasteiger partial charge in [-0.15, -0.1) is 0 Å². The first-order valence-electron chi connectivity index (χ1n) is 10.5. The third kappa shape index (κ3) is 5.54. The maximum atomic E-state index is 12.8. The third-order valence-electron chi connectivity index (χ3n) is 6.03. The second-order valence-electron chi connectivity index (χ2n) is 7.94. The zero-order valence-corrected chi connectivity index (χ0v) is 25.8. The average Bonchev–Trinajstić information content (AvgIpc) is 3.20. The van der Waals surface area contributed by atoms with Gasteiger partial charge in [-0.2, -0.15) is 0 Å². The van der Waals surface area contributed by atoms with Crippen molar-refractivity contribution in [3.63, 3.8) is 0 Å². The summed E-state index contributed by atoms with van der Waals surface area (Å²) < 4.78 is 37.5. The van der Waals surface area contributed by atoms with Crippen LogP contribution in [0.1, 0.15) is 17.0 Å². The summed E-state index contributed by atoms with van der Waals surface area (Å²) in [6.45, 7) is 0.0530. The van der Waals surface area contributed by atoms with Crippen molar-refractivity contribution in [2.75, 3.05) is 33.3 Å². The van der Waals surface area contributed by atoms with E-state index in [0.29, 0.717) is 45.2 Å². The molecule has 0 saturated heterocycles. The van der Waals surface area contributed by atoms with Crippen molar-refractivity contribution in [2.45, 2.75) is 5.92 Å². The number of ether oxygens (including phenoxy) is 4. The quantitative estimate of drug-likeness (QED) is 0.189. The molecule has 0 spiro atoms. The summed E-state index contributed by atoms with van der Waals surface area (Å²) in [5.74, 6) is 0.152. The van der Waals surface area contributed by atoms with E-state index < -0.39 is 19.7 Å². The molecule has 0 radical (unpaired) electrons. The van der Waals surface area contributed by atoms with Crippen LogP contribution >= 0.6 is 7.82 Å². The summed E-state index contributed by atoms with van der Waals surface area (Å²) in [6, 6.07) is 11.8. The van der Waals surface area contributed by atoms with E-state index in [9.17, 15) is 19.1 Å². The van der Waals surface area contributed by atoms with Crippen LogP contribution in [0.25, 0.3) is 10.8 Å². The molecule has 2 aliphatic rings. The van der Waals surface area contributed by atoms with Gasteiger partial charge in [0.2, 0.25) is 5.75 Å². The van der Waals surface area contributed by atoms with Crippen LogP contribution in [0.3, 0.4) is 0 Å². The van der Waals surface area contributed by atoms with Crippen LogP contribution in [0.2, 0.25) is 0 Å². The first kappa shape index (κ1) is 29.8. The van der Waals surface area contributed by atoms with E-state index in [4.69, 9.17) is 18.9 Å². The standard InChI is InChI=1S/C24H22NO9P.2Na/c1-30-18-8-13(9-19(31-2)23(18)32-3)20-15-7-5-12-4-6-14(34-35(27,28)29)10-16(12)22(15)25-17-11-33-24(26)21(17)20;;/h4-10,20,25H,11H2,1-3H3,(H2,27,28,29);;/q;2*+1/p-2. The van der Waals surface area contributed by atoms with Crippen LogP contribution in [-0.4, -0.2) is 33.9 Å². The molecule has 3 aromatic carbocycles. The van der Waals surface area contributed by atoms with Crippen LogP contribution in [0.15, 0.2) is 53.7 Å². The number of nitrogens with one attached hydrogen (secondary N) is 1. The molecular weight excluding hydrogens is 523 g/mol. The number of benzene rings is 3. The minimum Gasteiger partial charge on any atom is -0.780 e. The summed E-state index contributed by atoms with van der Waals surface area (Å²) in [5.41, 5.74) is 3.09. The van der Waals surface area contributed by atoms with E-state index in [2.05, 4.69) is 9.84 Å². The topological polar surface area (TPSA) is 138 Å². The number of phosphoric ester groups is 1. The number of hydrogen-bond acceptors (Lipinski definition) is 10. The molecule has 0 saturated carbocycles. The molecule has 0 aromatic heterocycles. The molecule has 0 bridgehead atoms. The van der Waals surface area contributed by atoms with Gasteiger partial charge < -0.3 is 43.1 Å². The number of hydrogen-bond donors (Lipinski definition) is 1. The molecule has 2 heterocycles. The molecule has 5 rings (SSSR count). The Morgan fingerprint density at radius 1 is 0.973 bits per heavy atom. The van der Waals surface area contributed by atoms with Crippen molar-refractivity contribution in [3.8, 4) is 23.0 Å². The van der Waals surface area contributed by atoms with Gasteiger partial charge in [-0.25, -0.2) is 4.79 Å². The minimum absolute atomic E-state index is 0. The zero-order chi connectivity index (χ0) is 24.9. The van der Waals surface area contributed by atoms with E-state index in [0.717, 1.165) is 10.9 Å². The van der Waals surface area contributed by atoms with Crippen LogP contribution in [0, 0.1) is 0 Å². The van der Waals surface area contributed by atoms with Crippen LogP contribution in [0.4, 0.5) is 5.69 Å². The van der Waals surface area contributed by atoms with E-state index >= 15 is 0 Å². The first-order valence-corrected chi connectivity index (χ1v) is 12.0. The normalized spacial score (nSPS) is 15.9. The Morgan fingerprint density at radius 3 is 2.22 bits per heavy atom. The van der Waals surface area contributed by atoms with Crippen molar-refractivity contribution in [1.29, 1.82) is 0 Å². The van der Waals surface area contributed by atoms with Gasteiger partial charge in [0.15, 0.2) is 11.5 Å². The van der Waals surface area contributed by atoms with Gasteiger partial charge in [-0.1, -0.05) is 18.2 Å². The summed E-state index contributed by atoms with van der Waals surface area (Å²) in [6.07, 6.45) is 0. The fourth-order valence-electron chi connectivity index (χ4n) is 4.61. The predicted octanol–water partition coefficient (Wildman–Crippen LogP) is -3.55. The smallest absolute Gasteiger partial charge is 0.780 e. The number of rotatable bonds is 6. The number of anilines is 1. The number of fused-ring (bicyclic) bond motifs is 3. The predicted molar refractivity (Wildman–Crippen MR) is 122 cm³/mol. The summed E-state index contributed by atoms with van der Waals surface area (Å²) >= 11 is 0. The van der Waals surface area contributed by atoms with Crippen LogP contribution < -0.4 is 93.0 Å². The molecular formula is C24H20NNa2O9P. The van der Waals surface area contributed by atoms with Gasteiger partial charge in [0, 0.05) is 11.3 Å². The molecule has 13 heteroatoms. The van der Waals surface area contributed by atoms with Crippen molar-refractivity contribution >= 4 is 30.3 Å². The van der Waals surface area contributed by atoms with Crippen molar-refractivity contribution in [1.82, 2.24) is 0 Å². The molecule has 0 amide bonds. The molecule has 1 N–H and O–H groups in total. The molecule has 2 aliphatic heterocycles. The van der Waals surface area contributed by atoms with Crippen molar-refractivity contribution in [3.05, 3.63) is 64.9 Å². The Hall–Kier alpha value is -1.72. The molecule has 0 fully saturated rings. The fourth-order valence-corrected chi connectivity index (χ4v) is 4.99. The maximum absolute atomic E-state index is 12.8. The van der Waals surface area contributed by atoms with Gasteiger partial charge in [0.05, 0.1) is 38.3 Å². The number of phosphoric acid groups is 1. The molecule has 1 atom stereocenters. The van der Waals surface area contributed by atoms with E-state index in [-0.39, 0.29) is 71.5 Å². The minimum atomic E-state index is -5.24. The van der Waals surface area contributed by atoms with Gasteiger partial charge in [-0.3, -0.25) is 0 Å². The summed E-state index contributed by atoms with van der Waals surface area (Å²) in [5, 5.41) is 4.65. The van der Waals surface area contributed by atoms with Gasteiger partial charge in [0.25, 0.3) is 0 Å². The van der Waals surface area contributed by atoms with Crippen LogP contribution in [-0.2, 0) is 14.1 Å².